The molecule has 0 aliphatic rings. The Morgan fingerprint density at radius 3 is 2.35 bits per heavy atom. The van der Waals surface area contributed by atoms with Gasteiger partial charge in [0.25, 0.3) is 5.69 Å². The second-order valence-corrected chi connectivity index (χ2v) is 7.08. The SMILES string of the molecule is C[C@@H](NS(=O)(=O)CCc1ccccc1[N+](=O)[O-])c1ccccc1. The fourth-order valence-corrected chi connectivity index (χ4v) is 3.56. The molecule has 23 heavy (non-hydrogen) atoms. The third kappa shape index (κ3) is 4.87. The number of nitrogens with one attached hydrogen (secondary N) is 1. The lowest BCUT2D eigenvalue weighted by Crippen LogP contribution is -2.30. The van der Waals surface area contributed by atoms with Crippen LogP contribution in [0.25, 0.3) is 0 Å². The molecule has 0 spiro atoms. The van der Waals surface area contributed by atoms with Crippen molar-refractivity contribution < 1.29 is 13.3 Å². The Morgan fingerprint density at radius 1 is 1.09 bits per heavy atom. The summed E-state index contributed by atoms with van der Waals surface area (Å²) in [6.07, 6.45) is 0.0913. The fourth-order valence-electron chi connectivity index (χ4n) is 2.28. The van der Waals surface area contributed by atoms with Gasteiger partial charge in [-0.15, -0.1) is 0 Å². The first-order chi connectivity index (χ1) is 10.9. The summed E-state index contributed by atoms with van der Waals surface area (Å²) < 4.78 is 27.0. The summed E-state index contributed by atoms with van der Waals surface area (Å²) in [6.45, 7) is 1.76. The highest BCUT2D eigenvalue weighted by Gasteiger charge is 2.19. The molecule has 0 radical (unpaired) electrons. The summed E-state index contributed by atoms with van der Waals surface area (Å²) in [6, 6.07) is 15.0. The zero-order chi connectivity index (χ0) is 16.9. The van der Waals surface area contributed by atoms with E-state index < -0.39 is 14.9 Å². The molecule has 122 valence electrons. The first-order valence-electron chi connectivity index (χ1n) is 7.16. The highest BCUT2D eigenvalue weighted by molar-refractivity contribution is 7.89. The molecule has 1 atom stereocenters. The number of hydrogen-bond acceptors (Lipinski definition) is 4. The van der Waals surface area contributed by atoms with Crippen molar-refractivity contribution in [1.29, 1.82) is 0 Å². The maximum absolute atomic E-state index is 12.2. The van der Waals surface area contributed by atoms with Gasteiger partial charge in [-0.3, -0.25) is 10.1 Å². The Balaban J connectivity index is 2.04. The molecule has 6 nitrogen and oxygen atoms in total. The van der Waals surface area contributed by atoms with Crippen LogP contribution < -0.4 is 4.72 Å². The molecule has 0 aliphatic heterocycles. The van der Waals surface area contributed by atoms with Crippen molar-refractivity contribution in [2.45, 2.75) is 19.4 Å². The van der Waals surface area contributed by atoms with Gasteiger partial charge in [0.2, 0.25) is 10.0 Å². The van der Waals surface area contributed by atoms with Gasteiger partial charge in [-0.25, -0.2) is 13.1 Å². The molecule has 0 aliphatic carbocycles. The van der Waals surface area contributed by atoms with Gasteiger partial charge >= 0.3 is 0 Å². The number of sulfonamides is 1. The van der Waals surface area contributed by atoms with Crippen LogP contribution in [-0.4, -0.2) is 19.1 Å². The topological polar surface area (TPSA) is 89.3 Å². The van der Waals surface area contributed by atoms with Crippen molar-refractivity contribution in [2.24, 2.45) is 0 Å². The number of aryl methyl sites for hydroxylation is 1. The molecule has 1 N–H and O–H groups in total. The van der Waals surface area contributed by atoms with Crippen molar-refractivity contribution in [3.8, 4) is 0 Å². The van der Waals surface area contributed by atoms with Crippen LogP contribution in [0.15, 0.2) is 54.6 Å². The lowest BCUT2D eigenvalue weighted by atomic mass is 10.1. The second-order valence-electron chi connectivity index (χ2n) is 5.20. The molecule has 0 heterocycles. The zero-order valence-corrected chi connectivity index (χ0v) is 13.5. The Morgan fingerprint density at radius 2 is 1.70 bits per heavy atom. The minimum absolute atomic E-state index is 0.0567. The number of nitrogens with zero attached hydrogens (tertiary/aromatic N) is 1. The molecule has 0 bridgehead atoms. The van der Waals surface area contributed by atoms with E-state index in [0.29, 0.717) is 5.56 Å². The number of benzene rings is 2. The molecule has 2 rings (SSSR count). The van der Waals surface area contributed by atoms with E-state index >= 15 is 0 Å². The number of rotatable bonds is 7. The van der Waals surface area contributed by atoms with Crippen molar-refractivity contribution >= 4 is 15.7 Å². The van der Waals surface area contributed by atoms with E-state index in [0.717, 1.165) is 5.56 Å². The standard InChI is InChI=1S/C16H18N2O4S/c1-13(14-7-3-2-4-8-14)17-23(21,22)12-11-15-9-5-6-10-16(15)18(19)20/h2-10,13,17H,11-12H2,1H3/t13-/m1/s1. The molecule has 0 saturated heterocycles. The van der Waals surface area contributed by atoms with E-state index in [1.165, 1.54) is 6.07 Å². The Hall–Kier alpha value is -2.25. The minimum atomic E-state index is -3.54. The van der Waals surface area contributed by atoms with Gasteiger partial charge in [-0.1, -0.05) is 48.5 Å². The third-order valence-corrected chi connectivity index (χ3v) is 4.94. The number of nitro benzene ring substituents is 1. The van der Waals surface area contributed by atoms with E-state index in [4.69, 9.17) is 0 Å². The summed E-state index contributed by atoms with van der Waals surface area (Å²) in [5.74, 6) is -0.199. The normalized spacial score (nSPS) is 12.7. The predicted molar refractivity (Wildman–Crippen MR) is 88.6 cm³/mol. The lowest BCUT2D eigenvalue weighted by Gasteiger charge is -2.14. The van der Waals surface area contributed by atoms with Crippen LogP contribution in [0.4, 0.5) is 5.69 Å². The summed E-state index contributed by atoms with van der Waals surface area (Å²) in [7, 11) is -3.54. The average molecular weight is 334 g/mol. The molecular formula is C16H18N2O4S. The number of para-hydroxylation sites is 1. The second kappa shape index (κ2) is 7.34. The van der Waals surface area contributed by atoms with Crippen LogP contribution in [0.1, 0.15) is 24.1 Å². The van der Waals surface area contributed by atoms with Gasteiger partial charge in [0.1, 0.15) is 0 Å². The molecule has 0 saturated carbocycles. The Kier molecular flexibility index (Phi) is 5.46. The van der Waals surface area contributed by atoms with Crippen LogP contribution in [0.5, 0.6) is 0 Å². The average Bonchev–Trinajstić information content (AvgIpc) is 2.53. The molecule has 2 aromatic rings. The smallest absolute Gasteiger partial charge is 0.258 e. The Bertz CT molecular complexity index is 776. The summed E-state index contributed by atoms with van der Waals surface area (Å²) in [5.41, 5.74) is 1.22. The molecular weight excluding hydrogens is 316 g/mol. The van der Waals surface area contributed by atoms with Crippen LogP contribution in [0, 0.1) is 10.1 Å². The van der Waals surface area contributed by atoms with E-state index in [2.05, 4.69) is 4.72 Å². The summed E-state index contributed by atoms with van der Waals surface area (Å²) in [5, 5.41) is 10.9. The minimum Gasteiger partial charge on any atom is -0.258 e. The lowest BCUT2D eigenvalue weighted by molar-refractivity contribution is -0.385. The first kappa shape index (κ1) is 17.1. The van der Waals surface area contributed by atoms with Gasteiger partial charge in [0, 0.05) is 17.7 Å². The summed E-state index contributed by atoms with van der Waals surface area (Å²) >= 11 is 0. The molecule has 0 unspecified atom stereocenters. The van der Waals surface area contributed by atoms with Crippen molar-refractivity contribution in [1.82, 2.24) is 4.72 Å². The van der Waals surface area contributed by atoms with Gasteiger partial charge in [0.15, 0.2) is 0 Å². The molecule has 7 heteroatoms. The largest absolute Gasteiger partial charge is 0.272 e. The number of nitro groups is 1. The number of hydrogen-bond donors (Lipinski definition) is 1. The van der Waals surface area contributed by atoms with Crippen LogP contribution in [0.3, 0.4) is 0 Å². The fraction of sp³-hybridized carbons (Fsp3) is 0.250. The molecule has 2 aromatic carbocycles. The quantitative estimate of drug-likeness (QED) is 0.623. The van der Waals surface area contributed by atoms with E-state index in [1.807, 2.05) is 30.3 Å². The van der Waals surface area contributed by atoms with E-state index in [-0.39, 0.29) is 23.9 Å². The van der Waals surface area contributed by atoms with Gasteiger partial charge in [0.05, 0.1) is 10.7 Å². The van der Waals surface area contributed by atoms with Crippen molar-refractivity contribution in [3.63, 3.8) is 0 Å². The van der Waals surface area contributed by atoms with Gasteiger partial charge < -0.3 is 0 Å². The maximum atomic E-state index is 12.2. The first-order valence-corrected chi connectivity index (χ1v) is 8.81. The van der Waals surface area contributed by atoms with E-state index in [1.54, 1.807) is 25.1 Å². The zero-order valence-electron chi connectivity index (χ0n) is 12.7. The summed E-state index contributed by atoms with van der Waals surface area (Å²) in [4.78, 5) is 10.5. The van der Waals surface area contributed by atoms with Gasteiger partial charge in [-0.05, 0) is 18.9 Å². The predicted octanol–water partition coefficient (Wildman–Crippen LogP) is 2.82. The van der Waals surface area contributed by atoms with Crippen molar-refractivity contribution in [2.75, 3.05) is 5.75 Å². The van der Waals surface area contributed by atoms with Crippen LogP contribution >= 0.6 is 0 Å². The highest BCUT2D eigenvalue weighted by Crippen LogP contribution is 2.19. The van der Waals surface area contributed by atoms with Gasteiger partial charge in [-0.2, -0.15) is 0 Å². The Labute approximate surface area is 135 Å². The molecule has 0 fully saturated rings. The molecule has 0 aromatic heterocycles. The van der Waals surface area contributed by atoms with Crippen LogP contribution in [0.2, 0.25) is 0 Å². The van der Waals surface area contributed by atoms with Crippen molar-refractivity contribution in [3.05, 3.63) is 75.8 Å². The third-order valence-electron chi connectivity index (χ3n) is 3.48. The van der Waals surface area contributed by atoms with E-state index in [9.17, 15) is 18.5 Å². The van der Waals surface area contributed by atoms with Crippen LogP contribution in [-0.2, 0) is 16.4 Å². The monoisotopic (exact) mass is 334 g/mol. The molecule has 0 amide bonds. The maximum Gasteiger partial charge on any atom is 0.272 e. The highest BCUT2D eigenvalue weighted by atomic mass is 32.2.